The van der Waals surface area contributed by atoms with E-state index in [1.165, 1.54) is 5.56 Å². The van der Waals surface area contributed by atoms with Crippen molar-refractivity contribution in [1.82, 2.24) is 10.2 Å². The number of carbonyl (C=O) groups is 1. The van der Waals surface area contributed by atoms with E-state index in [2.05, 4.69) is 62.2 Å². The third kappa shape index (κ3) is 4.73. The molecule has 0 spiro atoms. The fourth-order valence-corrected chi connectivity index (χ4v) is 3.76. The van der Waals surface area contributed by atoms with Crippen molar-refractivity contribution in [1.29, 1.82) is 0 Å². The van der Waals surface area contributed by atoms with Gasteiger partial charge in [-0.05, 0) is 70.6 Å². The zero-order chi connectivity index (χ0) is 19.7. The molecule has 1 amide bonds. The lowest BCUT2D eigenvalue weighted by Crippen LogP contribution is -2.41. The van der Waals surface area contributed by atoms with Crippen LogP contribution in [-0.2, 0) is 20.6 Å². The molecule has 6 heteroatoms. The molecule has 5 nitrogen and oxygen atoms in total. The van der Waals surface area contributed by atoms with Crippen molar-refractivity contribution >= 4 is 18.5 Å². The van der Waals surface area contributed by atoms with E-state index >= 15 is 0 Å². The summed E-state index contributed by atoms with van der Waals surface area (Å²) in [5.74, 6) is 0.650. The first-order chi connectivity index (χ1) is 12.7. The maximum atomic E-state index is 11.1. The van der Waals surface area contributed by atoms with Crippen molar-refractivity contribution in [2.24, 2.45) is 5.92 Å². The molecular formula is C21H33BN2O3. The lowest BCUT2D eigenvalue weighted by molar-refractivity contribution is -0.119. The first-order valence-electron chi connectivity index (χ1n) is 10.1. The lowest BCUT2D eigenvalue weighted by Gasteiger charge is -2.32. The molecule has 1 aromatic carbocycles. The summed E-state index contributed by atoms with van der Waals surface area (Å²) in [5, 5.41) is 2.95. The van der Waals surface area contributed by atoms with Crippen LogP contribution in [0.5, 0.6) is 0 Å². The van der Waals surface area contributed by atoms with Gasteiger partial charge in [0, 0.05) is 20.0 Å². The molecule has 2 aliphatic rings. The van der Waals surface area contributed by atoms with E-state index in [4.69, 9.17) is 9.31 Å². The normalized spacial score (nSPS) is 22.8. The van der Waals surface area contributed by atoms with Crippen LogP contribution in [0.25, 0.3) is 0 Å². The highest BCUT2D eigenvalue weighted by Gasteiger charge is 2.52. The minimum absolute atomic E-state index is 0.0637. The van der Waals surface area contributed by atoms with Gasteiger partial charge in [-0.1, -0.05) is 24.3 Å². The van der Waals surface area contributed by atoms with E-state index in [1.807, 2.05) is 0 Å². The van der Waals surface area contributed by atoms with E-state index in [0.29, 0.717) is 5.92 Å². The van der Waals surface area contributed by atoms with Crippen LogP contribution in [0.1, 0.15) is 53.0 Å². The van der Waals surface area contributed by atoms with E-state index < -0.39 is 0 Å². The summed E-state index contributed by atoms with van der Waals surface area (Å²) in [5.41, 5.74) is 1.76. The van der Waals surface area contributed by atoms with Crippen molar-refractivity contribution in [3.63, 3.8) is 0 Å². The number of amides is 1. The summed E-state index contributed by atoms with van der Waals surface area (Å²) < 4.78 is 12.5. The van der Waals surface area contributed by atoms with Crippen LogP contribution in [0, 0.1) is 5.92 Å². The fraction of sp³-hybridized carbons (Fsp3) is 0.667. The predicted molar refractivity (Wildman–Crippen MR) is 109 cm³/mol. The summed E-state index contributed by atoms with van der Waals surface area (Å²) in [6.07, 6.45) is 2.25. The second-order valence-corrected chi connectivity index (χ2v) is 8.94. The molecule has 2 fully saturated rings. The predicted octanol–water partition coefficient (Wildman–Crippen LogP) is 2.33. The van der Waals surface area contributed by atoms with Crippen LogP contribution in [0.15, 0.2) is 24.3 Å². The molecule has 2 saturated heterocycles. The van der Waals surface area contributed by atoms with Gasteiger partial charge in [-0.15, -0.1) is 0 Å². The van der Waals surface area contributed by atoms with Crippen molar-refractivity contribution in [3.8, 4) is 0 Å². The molecule has 3 rings (SSSR count). The first kappa shape index (κ1) is 20.4. The average molecular weight is 372 g/mol. The molecule has 1 N–H and O–H groups in total. The number of piperidine rings is 1. The molecule has 0 aliphatic carbocycles. The second kappa shape index (κ2) is 7.94. The number of rotatable bonds is 5. The van der Waals surface area contributed by atoms with Crippen LogP contribution in [0.2, 0.25) is 0 Å². The summed E-state index contributed by atoms with van der Waals surface area (Å²) in [7, 11) is -0.316. The van der Waals surface area contributed by atoms with Crippen LogP contribution in [0.3, 0.4) is 0 Å². The van der Waals surface area contributed by atoms with E-state index in [9.17, 15) is 4.79 Å². The maximum absolute atomic E-state index is 11.1. The standard InChI is InChI=1S/C21H33BN2O3/c1-16(25)23-14-17-10-12-24(13-11-17)15-18-8-6-7-9-19(18)22-26-20(2,3)21(4,5)27-22/h6-9,17H,10-15H2,1-5H3,(H,23,25). The number of benzene rings is 1. The van der Waals surface area contributed by atoms with Gasteiger partial charge in [0.15, 0.2) is 0 Å². The number of nitrogens with zero attached hydrogens (tertiary/aromatic N) is 1. The number of carbonyl (C=O) groups excluding carboxylic acids is 1. The van der Waals surface area contributed by atoms with E-state index in [1.54, 1.807) is 6.92 Å². The Bertz CT molecular complexity index is 653. The molecule has 2 heterocycles. The van der Waals surface area contributed by atoms with Crippen molar-refractivity contribution in [3.05, 3.63) is 29.8 Å². The topological polar surface area (TPSA) is 50.8 Å². The molecule has 148 valence electrons. The van der Waals surface area contributed by atoms with Gasteiger partial charge in [0.05, 0.1) is 11.2 Å². The Morgan fingerprint density at radius 2 is 1.74 bits per heavy atom. The van der Waals surface area contributed by atoms with Gasteiger partial charge < -0.3 is 14.6 Å². The molecule has 0 unspecified atom stereocenters. The molecule has 0 bridgehead atoms. The molecule has 0 aromatic heterocycles. The molecular weight excluding hydrogens is 339 g/mol. The average Bonchev–Trinajstić information content (AvgIpc) is 2.82. The highest BCUT2D eigenvalue weighted by Crippen LogP contribution is 2.36. The summed E-state index contributed by atoms with van der Waals surface area (Å²) >= 11 is 0. The monoisotopic (exact) mass is 372 g/mol. The third-order valence-corrected chi connectivity index (χ3v) is 6.30. The lowest BCUT2D eigenvalue weighted by atomic mass is 9.75. The second-order valence-electron chi connectivity index (χ2n) is 8.94. The summed E-state index contributed by atoms with van der Waals surface area (Å²) in [6.45, 7) is 13.8. The van der Waals surface area contributed by atoms with Crippen LogP contribution in [0.4, 0.5) is 0 Å². The molecule has 0 saturated carbocycles. The fourth-order valence-electron chi connectivity index (χ4n) is 3.76. The maximum Gasteiger partial charge on any atom is 0.495 e. The number of hydrogen-bond donors (Lipinski definition) is 1. The first-order valence-corrected chi connectivity index (χ1v) is 10.1. The van der Waals surface area contributed by atoms with Crippen LogP contribution in [-0.4, -0.2) is 48.8 Å². The largest absolute Gasteiger partial charge is 0.495 e. The van der Waals surface area contributed by atoms with E-state index in [0.717, 1.165) is 44.5 Å². The van der Waals surface area contributed by atoms with Gasteiger partial charge in [0.2, 0.25) is 5.91 Å². The summed E-state index contributed by atoms with van der Waals surface area (Å²) in [6, 6.07) is 8.46. The molecule has 0 atom stereocenters. The highest BCUT2D eigenvalue weighted by atomic mass is 16.7. The zero-order valence-corrected chi connectivity index (χ0v) is 17.4. The molecule has 2 aliphatic heterocycles. The molecule has 1 aromatic rings. The van der Waals surface area contributed by atoms with Gasteiger partial charge in [-0.2, -0.15) is 0 Å². The van der Waals surface area contributed by atoms with Crippen LogP contribution < -0.4 is 10.8 Å². The Hall–Kier alpha value is -1.37. The highest BCUT2D eigenvalue weighted by molar-refractivity contribution is 6.62. The van der Waals surface area contributed by atoms with Gasteiger partial charge >= 0.3 is 7.12 Å². The quantitative estimate of drug-likeness (QED) is 0.807. The number of hydrogen-bond acceptors (Lipinski definition) is 4. The minimum atomic E-state index is -0.327. The summed E-state index contributed by atoms with van der Waals surface area (Å²) in [4.78, 5) is 13.6. The minimum Gasteiger partial charge on any atom is -0.399 e. The van der Waals surface area contributed by atoms with Gasteiger partial charge in [0.1, 0.15) is 0 Å². The Morgan fingerprint density at radius 1 is 1.15 bits per heavy atom. The van der Waals surface area contributed by atoms with Gasteiger partial charge in [0.25, 0.3) is 0 Å². The number of likely N-dealkylation sites (tertiary alicyclic amines) is 1. The van der Waals surface area contributed by atoms with E-state index in [-0.39, 0.29) is 24.2 Å². The molecule has 27 heavy (non-hydrogen) atoms. The van der Waals surface area contributed by atoms with Crippen molar-refractivity contribution in [2.45, 2.75) is 65.2 Å². The van der Waals surface area contributed by atoms with Crippen molar-refractivity contribution < 1.29 is 14.1 Å². The van der Waals surface area contributed by atoms with Crippen molar-refractivity contribution in [2.75, 3.05) is 19.6 Å². The smallest absolute Gasteiger partial charge is 0.399 e. The Morgan fingerprint density at radius 3 is 2.33 bits per heavy atom. The third-order valence-electron chi connectivity index (χ3n) is 6.30. The Labute approximate surface area is 163 Å². The van der Waals surface area contributed by atoms with Gasteiger partial charge in [-0.25, -0.2) is 0 Å². The SMILES string of the molecule is CC(=O)NCC1CCN(Cc2ccccc2B2OC(C)(C)C(C)(C)O2)CC1. The number of nitrogens with one attached hydrogen (secondary N) is 1. The molecule has 0 radical (unpaired) electrons. The van der Waals surface area contributed by atoms with Crippen LogP contribution >= 0.6 is 0 Å². The zero-order valence-electron chi connectivity index (χ0n) is 17.4. The van der Waals surface area contributed by atoms with Gasteiger partial charge in [-0.3, -0.25) is 9.69 Å². The Balaban J connectivity index is 1.62. The Kier molecular flexibility index (Phi) is 5.99.